The van der Waals surface area contributed by atoms with Crippen LogP contribution in [0.25, 0.3) is 0 Å². The van der Waals surface area contributed by atoms with Gasteiger partial charge in [0.1, 0.15) is 11.6 Å². The minimum absolute atomic E-state index is 0.116. The minimum atomic E-state index is -0.709. The van der Waals surface area contributed by atoms with Crippen LogP contribution >= 0.6 is 0 Å². The summed E-state index contributed by atoms with van der Waals surface area (Å²) < 4.78 is 26.0. The quantitative estimate of drug-likeness (QED) is 0.841. The molecule has 0 aliphatic carbocycles. The summed E-state index contributed by atoms with van der Waals surface area (Å²) in [6.07, 6.45) is -0.116. The van der Waals surface area contributed by atoms with Gasteiger partial charge in [0.2, 0.25) is 5.91 Å². The smallest absolute Gasteiger partial charge is 0.224 e. The zero-order valence-electron chi connectivity index (χ0n) is 10.5. The lowest BCUT2D eigenvalue weighted by Gasteiger charge is -2.20. The van der Waals surface area contributed by atoms with Crippen molar-refractivity contribution < 1.29 is 13.6 Å². The molecule has 0 aliphatic rings. The third-order valence-electron chi connectivity index (χ3n) is 2.77. The molecule has 0 bridgehead atoms. The second kappa shape index (κ2) is 6.44. The molecule has 3 nitrogen and oxygen atoms in total. The Hall–Kier alpha value is -1.49. The molecular formula is C13H18F2N2O. The molecule has 0 heterocycles. The first-order chi connectivity index (χ1) is 8.43. The Morgan fingerprint density at radius 1 is 1.39 bits per heavy atom. The van der Waals surface area contributed by atoms with Gasteiger partial charge in [-0.3, -0.25) is 4.79 Å². The van der Waals surface area contributed by atoms with E-state index in [-0.39, 0.29) is 29.9 Å². The van der Waals surface area contributed by atoms with Crippen LogP contribution in [-0.2, 0) is 11.2 Å². The maximum absolute atomic E-state index is 13.3. The Morgan fingerprint density at radius 2 is 2.06 bits per heavy atom. The third kappa shape index (κ3) is 4.07. The fourth-order valence-corrected chi connectivity index (χ4v) is 1.59. The number of carbonyl (C=O) groups excluding carboxylic acids is 1. The number of nitrogens with one attached hydrogen (secondary N) is 1. The van der Waals surface area contributed by atoms with Gasteiger partial charge < -0.3 is 11.1 Å². The van der Waals surface area contributed by atoms with Crippen LogP contribution in [0.5, 0.6) is 0 Å². The molecule has 1 unspecified atom stereocenters. The standard InChI is InChI=1S/C13H18F2N2O/c1-8(2)12(7-16)17-13(18)5-9-3-4-10(14)6-11(9)15/h3-4,6,8,12H,5,7,16H2,1-2H3,(H,17,18). The number of rotatable bonds is 5. The Kier molecular flexibility index (Phi) is 5.22. The Balaban J connectivity index is 2.64. The second-order valence-electron chi connectivity index (χ2n) is 4.57. The van der Waals surface area contributed by atoms with Crippen molar-refractivity contribution in [3.8, 4) is 0 Å². The first-order valence-corrected chi connectivity index (χ1v) is 5.87. The number of carbonyl (C=O) groups is 1. The molecule has 3 N–H and O–H groups in total. The van der Waals surface area contributed by atoms with E-state index in [1.165, 1.54) is 6.07 Å². The average Bonchev–Trinajstić information content (AvgIpc) is 2.29. The van der Waals surface area contributed by atoms with Crippen molar-refractivity contribution in [1.82, 2.24) is 5.32 Å². The van der Waals surface area contributed by atoms with Gasteiger partial charge in [0.25, 0.3) is 0 Å². The lowest BCUT2D eigenvalue weighted by atomic mass is 10.0. The first kappa shape index (κ1) is 14.6. The van der Waals surface area contributed by atoms with Crippen molar-refractivity contribution in [3.05, 3.63) is 35.4 Å². The lowest BCUT2D eigenvalue weighted by molar-refractivity contribution is -0.121. The highest BCUT2D eigenvalue weighted by Gasteiger charge is 2.15. The predicted octanol–water partition coefficient (Wildman–Crippen LogP) is 1.61. The van der Waals surface area contributed by atoms with Gasteiger partial charge in [-0.2, -0.15) is 0 Å². The second-order valence-corrected chi connectivity index (χ2v) is 4.57. The van der Waals surface area contributed by atoms with Gasteiger partial charge in [0.05, 0.1) is 6.42 Å². The maximum atomic E-state index is 13.3. The fourth-order valence-electron chi connectivity index (χ4n) is 1.59. The largest absolute Gasteiger partial charge is 0.352 e. The van der Waals surface area contributed by atoms with Crippen molar-refractivity contribution in [2.24, 2.45) is 11.7 Å². The summed E-state index contributed by atoms with van der Waals surface area (Å²) in [5.41, 5.74) is 5.70. The molecular weight excluding hydrogens is 238 g/mol. The molecule has 1 amide bonds. The average molecular weight is 256 g/mol. The van der Waals surface area contributed by atoms with Crippen molar-refractivity contribution in [1.29, 1.82) is 0 Å². The van der Waals surface area contributed by atoms with E-state index in [4.69, 9.17) is 5.73 Å². The Morgan fingerprint density at radius 3 is 2.56 bits per heavy atom. The summed E-state index contributed by atoms with van der Waals surface area (Å²) in [7, 11) is 0. The molecule has 1 aromatic rings. The molecule has 0 aromatic heterocycles. The highest BCUT2D eigenvalue weighted by atomic mass is 19.1. The summed E-state index contributed by atoms with van der Waals surface area (Å²) >= 11 is 0. The number of hydrogen-bond donors (Lipinski definition) is 2. The molecule has 100 valence electrons. The predicted molar refractivity (Wildman–Crippen MR) is 65.9 cm³/mol. The monoisotopic (exact) mass is 256 g/mol. The van der Waals surface area contributed by atoms with Crippen LogP contribution in [-0.4, -0.2) is 18.5 Å². The highest BCUT2D eigenvalue weighted by Crippen LogP contribution is 2.10. The summed E-state index contributed by atoms with van der Waals surface area (Å²) in [6.45, 7) is 4.21. The van der Waals surface area contributed by atoms with E-state index in [1.54, 1.807) is 0 Å². The van der Waals surface area contributed by atoms with E-state index in [9.17, 15) is 13.6 Å². The molecule has 1 rings (SSSR count). The van der Waals surface area contributed by atoms with Crippen LogP contribution in [0.15, 0.2) is 18.2 Å². The van der Waals surface area contributed by atoms with E-state index in [2.05, 4.69) is 5.32 Å². The summed E-state index contributed by atoms with van der Waals surface area (Å²) in [4.78, 5) is 11.7. The lowest BCUT2D eigenvalue weighted by Crippen LogP contribution is -2.44. The minimum Gasteiger partial charge on any atom is -0.352 e. The molecule has 1 aromatic carbocycles. The van der Waals surface area contributed by atoms with Crippen molar-refractivity contribution >= 4 is 5.91 Å². The molecule has 0 fully saturated rings. The van der Waals surface area contributed by atoms with Gasteiger partial charge in [-0.25, -0.2) is 8.78 Å². The van der Waals surface area contributed by atoms with E-state index >= 15 is 0 Å². The molecule has 1 atom stereocenters. The SMILES string of the molecule is CC(C)C(CN)NC(=O)Cc1ccc(F)cc1F. The number of benzene rings is 1. The molecule has 18 heavy (non-hydrogen) atoms. The molecule has 0 saturated carbocycles. The van der Waals surface area contributed by atoms with Gasteiger partial charge in [-0.05, 0) is 17.5 Å². The van der Waals surface area contributed by atoms with Crippen molar-refractivity contribution in [2.75, 3.05) is 6.54 Å². The van der Waals surface area contributed by atoms with Crippen LogP contribution in [0.4, 0.5) is 8.78 Å². The zero-order valence-corrected chi connectivity index (χ0v) is 10.5. The van der Waals surface area contributed by atoms with Gasteiger partial charge in [-0.15, -0.1) is 0 Å². The van der Waals surface area contributed by atoms with Crippen LogP contribution in [0.1, 0.15) is 19.4 Å². The fraction of sp³-hybridized carbons (Fsp3) is 0.462. The molecule has 0 radical (unpaired) electrons. The van der Waals surface area contributed by atoms with Crippen molar-refractivity contribution in [2.45, 2.75) is 26.3 Å². The van der Waals surface area contributed by atoms with Crippen LogP contribution in [0.2, 0.25) is 0 Å². The van der Waals surface area contributed by atoms with Crippen molar-refractivity contribution in [3.63, 3.8) is 0 Å². The summed E-state index contributed by atoms with van der Waals surface area (Å²) in [6, 6.07) is 3.04. The molecule has 0 spiro atoms. The maximum Gasteiger partial charge on any atom is 0.224 e. The van der Waals surface area contributed by atoms with Crippen LogP contribution < -0.4 is 11.1 Å². The normalized spacial score (nSPS) is 12.6. The van der Waals surface area contributed by atoms with Crippen LogP contribution in [0.3, 0.4) is 0 Å². The zero-order chi connectivity index (χ0) is 13.7. The van der Waals surface area contributed by atoms with Gasteiger partial charge in [-0.1, -0.05) is 19.9 Å². The Labute approximate surface area is 105 Å². The first-order valence-electron chi connectivity index (χ1n) is 5.87. The topological polar surface area (TPSA) is 55.1 Å². The molecule has 0 aliphatic heterocycles. The van der Waals surface area contributed by atoms with E-state index in [1.807, 2.05) is 13.8 Å². The number of halogens is 2. The van der Waals surface area contributed by atoms with Gasteiger partial charge in [0.15, 0.2) is 0 Å². The van der Waals surface area contributed by atoms with E-state index in [0.29, 0.717) is 6.54 Å². The highest BCUT2D eigenvalue weighted by molar-refractivity contribution is 5.78. The van der Waals surface area contributed by atoms with E-state index < -0.39 is 11.6 Å². The molecule has 5 heteroatoms. The Bertz CT molecular complexity index is 421. The number of nitrogens with two attached hydrogens (primary N) is 1. The summed E-state index contributed by atoms with van der Waals surface area (Å²) in [5.74, 6) is -1.47. The number of hydrogen-bond acceptors (Lipinski definition) is 2. The molecule has 0 saturated heterocycles. The number of amides is 1. The summed E-state index contributed by atoms with van der Waals surface area (Å²) in [5, 5.41) is 2.73. The van der Waals surface area contributed by atoms with Crippen LogP contribution in [0, 0.1) is 17.6 Å². The third-order valence-corrected chi connectivity index (χ3v) is 2.77. The van der Waals surface area contributed by atoms with Gasteiger partial charge in [0, 0.05) is 18.7 Å². The van der Waals surface area contributed by atoms with Gasteiger partial charge >= 0.3 is 0 Å². The van der Waals surface area contributed by atoms with E-state index in [0.717, 1.165) is 12.1 Å².